The van der Waals surface area contributed by atoms with E-state index in [0.29, 0.717) is 12.7 Å². The summed E-state index contributed by atoms with van der Waals surface area (Å²) < 4.78 is 10.6. The van der Waals surface area contributed by atoms with Crippen molar-refractivity contribution in [2.45, 2.75) is 20.3 Å². The molecule has 1 aliphatic heterocycles. The van der Waals surface area contributed by atoms with Crippen molar-refractivity contribution in [3.05, 3.63) is 18.2 Å². The van der Waals surface area contributed by atoms with Gasteiger partial charge in [0.15, 0.2) is 11.5 Å². The van der Waals surface area contributed by atoms with E-state index < -0.39 is 0 Å². The van der Waals surface area contributed by atoms with Crippen LogP contribution in [0.3, 0.4) is 0 Å². The van der Waals surface area contributed by atoms with Gasteiger partial charge in [-0.3, -0.25) is 0 Å². The molecule has 1 heterocycles. The van der Waals surface area contributed by atoms with Gasteiger partial charge in [-0.25, -0.2) is 0 Å². The lowest BCUT2D eigenvalue weighted by atomic mass is 10.1. The van der Waals surface area contributed by atoms with Gasteiger partial charge in [0.2, 0.25) is 6.79 Å². The van der Waals surface area contributed by atoms with Crippen LogP contribution in [0.5, 0.6) is 11.5 Å². The molecule has 1 aromatic carbocycles. The molecule has 0 unspecified atom stereocenters. The van der Waals surface area contributed by atoms with E-state index in [1.165, 1.54) is 6.42 Å². The summed E-state index contributed by atoms with van der Waals surface area (Å²) >= 11 is 0. The van der Waals surface area contributed by atoms with E-state index in [4.69, 9.17) is 9.47 Å². The normalized spacial score (nSPS) is 15.1. The average molecular weight is 207 g/mol. The highest BCUT2D eigenvalue weighted by Crippen LogP contribution is 2.34. The summed E-state index contributed by atoms with van der Waals surface area (Å²) in [6, 6.07) is 5.96. The largest absolute Gasteiger partial charge is 0.454 e. The van der Waals surface area contributed by atoms with Crippen LogP contribution in [0.4, 0.5) is 5.69 Å². The minimum atomic E-state index is 0.337. The van der Waals surface area contributed by atoms with Crippen molar-refractivity contribution in [3.63, 3.8) is 0 Å². The molecular formula is C12H17NO2. The highest BCUT2D eigenvalue weighted by Gasteiger charge is 2.12. The van der Waals surface area contributed by atoms with E-state index in [9.17, 15) is 0 Å². The SMILES string of the molecule is CC[C@@H](C)CNc1ccc2c(c1)OCO2. The van der Waals surface area contributed by atoms with Gasteiger partial charge in [-0.05, 0) is 18.1 Å². The van der Waals surface area contributed by atoms with Gasteiger partial charge in [0.05, 0.1) is 0 Å². The number of fused-ring (bicyclic) bond motifs is 1. The van der Waals surface area contributed by atoms with E-state index in [0.717, 1.165) is 23.7 Å². The fourth-order valence-corrected chi connectivity index (χ4v) is 1.44. The summed E-state index contributed by atoms with van der Waals surface area (Å²) in [5, 5.41) is 3.39. The Bertz CT molecular complexity index is 338. The number of rotatable bonds is 4. The van der Waals surface area contributed by atoms with Gasteiger partial charge < -0.3 is 14.8 Å². The summed E-state index contributed by atoms with van der Waals surface area (Å²) in [5.41, 5.74) is 1.10. The standard InChI is InChI=1S/C12H17NO2/c1-3-9(2)7-13-10-4-5-11-12(6-10)15-8-14-11/h4-6,9,13H,3,7-8H2,1-2H3/t9-/m1/s1. The molecular weight excluding hydrogens is 190 g/mol. The molecule has 0 spiro atoms. The van der Waals surface area contributed by atoms with Crippen LogP contribution in [0.25, 0.3) is 0 Å². The number of hydrogen-bond donors (Lipinski definition) is 1. The highest BCUT2D eigenvalue weighted by atomic mass is 16.7. The predicted octanol–water partition coefficient (Wildman–Crippen LogP) is 2.87. The van der Waals surface area contributed by atoms with Crippen LogP contribution in [-0.2, 0) is 0 Å². The summed E-state index contributed by atoms with van der Waals surface area (Å²) in [7, 11) is 0. The fraction of sp³-hybridized carbons (Fsp3) is 0.500. The Balaban J connectivity index is 1.98. The quantitative estimate of drug-likeness (QED) is 0.823. The molecule has 0 amide bonds. The smallest absolute Gasteiger partial charge is 0.231 e. The molecule has 1 atom stereocenters. The zero-order valence-electron chi connectivity index (χ0n) is 9.25. The molecule has 82 valence electrons. The van der Waals surface area contributed by atoms with Gasteiger partial charge in [0, 0.05) is 18.3 Å². The Morgan fingerprint density at radius 1 is 1.33 bits per heavy atom. The van der Waals surface area contributed by atoms with Crippen molar-refractivity contribution < 1.29 is 9.47 Å². The monoisotopic (exact) mass is 207 g/mol. The number of anilines is 1. The molecule has 0 saturated carbocycles. The first-order valence-electron chi connectivity index (χ1n) is 5.43. The van der Waals surface area contributed by atoms with Crippen molar-refractivity contribution in [2.24, 2.45) is 5.92 Å². The molecule has 1 N–H and O–H groups in total. The molecule has 0 fully saturated rings. The molecule has 0 bridgehead atoms. The first-order valence-corrected chi connectivity index (χ1v) is 5.43. The lowest BCUT2D eigenvalue weighted by Gasteiger charge is -2.11. The molecule has 0 aromatic heterocycles. The molecule has 15 heavy (non-hydrogen) atoms. The molecule has 0 aliphatic carbocycles. The highest BCUT2D eigenvalue weighted by molar-refractivity contribution is 5.55. The van der Waals surface area contributed by atoms with E-state index in [2.05, 4.69) is 19.2 Å². The third kappa shape index (κ3) is 2.35. The molecule has 0 radical (unpaired) electrons. The van der Waals surface area contributed by atoms with Gasteiger partial charge in [-0.2, -0.15) is 0 Å². The summed E-state index contributed by atoms with van der Waals surface area (Å²) in [6.45, 7) is 5.77. The van der Waals surface area contributed by atoms with Crippen LogP contribution in [0.2, 0.25) is 0 Å². The second-order valence-corrected chi connectivity index (χ2v) is 3.96. The van der Waals surface area contributed by atoms with E-state index in [1.807, 2.05) is 18.2 Å². The Labute approximate surface area is 90.4 Å². The summed E-state index contributed by atoms with van der Waals surface area (Å²) in [4.78, 5) is 0. The van der Waals surface area contributed by atoms with Crippen LogP contribution in [0, 0.1) is 5.92 Å². The third-order valence-corrected chi connectivity index (χ3v) is 2.72. The fourth-order valence-electron chi connectivity index (χ4n) is 1.44. The van der Waals surface area contributed by atoms with Crippen molar-refractivity contribution in [3.8, 4) is 11.5 Å². The van der Waals surface area contributed by atoms with Crippen molar-refractivity contribution >= 4 is 5.69 Å². The lowest BCUT2D eigenvalue weighted by molar-refractivity contribution is 0.174. The molecule has 1 aliphatic rings. The van der Waals surface area contributed by atoms with Crippen LogP contribution >= 0.6 is 0 Å². The van der Waals surface area contributed by atoms with Crippen molar-refractivity contribution in [1.82, 2.24) is 0 Å². The maximum atomic E-state index is 5.31. The van der Waals surface area contributed by atoms with Crippen molar-refractivity contribution in [1.29, 1.82) is 0 Å². The summed E-state index contributed by atoms with van der Waals surface area (Å²) in [5.74, 6) is 2.36. The number of nitrogens with one attached hydrogen (secondary N) is 1. The molecule has 2 rings (SSSR count). The maximum absolute atomic E-state index is 5.31. The lowest BCUT2D eigenvalue weighted by Crippen LogP contribution is -2.09. The number of benzene rings is 1. The first-order chi connectivity index (χ1) is 7.29. The number of ether oxygens (including phenoxy) is 2. The Morgan fingerprint density at radius 2 is 2.13 bits per heavy atom. The second-order valence-electron chi connectivity index (χ2n) is 3.96. The van der Waals surface area contributed by atoms with Crippen molar-refractivity contribution in [2.75, 3.05) is 18.7 Å². The van der Waals surface area contributed by atoms with Gasteiger partial charge in [-0.1, -0.05) is 20.3 Å². The third-order valence-electron chi connectivity index (χ3n) is 2.72. The minimum Gasteiger partial charge on any atom is -0.454 e. The summed E-state index contributed by atoms with van der Waals surface area (Å²) in [6.07, 6.45) is 1.19. The first kappa shape index (κ1) is 10.1. The number of hydrogen-bond acceptors (Lipinski definition) is 3. The van der Waals surface area contributed by atoms with E-state index in [-0.39, 0.29) is 0 Å². The van der Waals surface area contributed by atoms with Gasteiger partial charge in [0.25, 0.3) is 0 Å². The van der Waals surface area contributed by atoms with Gasteiger partial charge >= 0.3 is 0 Å². The molecule has 3 nitrogen and oxygen atoms in total. The Hall–Kier alpha value is -1.38. The molecule has 1 aromatic rings. The minimum absolute atomic E-state index is 0.337. The average Bonchev–Trinajstić information content (AvgIpc) is 2.72. The van der Waals surface area contributed by atoms with E-state index in [1.54, 1.807) is 0 Å². The Kier molecular flexibility index (Phi) is 2.99. The molecule has 0 saturated heterocycles. The molecule has 3 heteroatoms. The maximum Gasteiger partial charge on any atom is 0.231 e. The Morgan fingerprint density at radius 3 is 2.93 bits per heavy atom. The predicted molar refractivity (Wildman–Crippen MR) is 60.5 cm³/mol. The van der Waals surface area contributed by atoms with E-state index >= 15 is 0 Å². The van der Waals surface area contributed by atoms with Crippen LogP contribution in [-0.4, -0.2) is 13.3 Å². The topological polar surface area (TPSA) is 30.5 Å². The zero-order valence-corrected chi connectivity index (χ0v) is 9.25. The van der Waals surface area contributed by atoms with Gasteiger partial charge in [0.1, 0.15) is 0 Å². The van der Waals surface area contributed by atoms with Crippen LogP contribution < -0.4 is 14.8 Å². The van der Waals surface area contributed by atoms with Gasteiger partial charge in [-0.15, -0.1) is 0 Å². The second kappa shape index (κ2) is 4.43. The van der Waals surface area contributed by atoms with Crippen LogP contribution in [0.1, 0.15) is 20.3 Å². The zero-order chi connectivity index (χ0) is 10.7. The van der Waals surface area contributed by atoms with Crippen LogP contribution in [0.15, 0.2) is 18.2 Å².